The van der Waals surface area contributed by atoms with Crippen LogP contribution in [0.5, 0.6) is 0 Å². The van der Waals surface area contributed by atoms with Gasteiger partial charge in [0.15, 0.2) is 9.84 Å². The zero-order valence-electron chi connectivity index (χ0n) is 11.2. The fourth-order valence-corrected chi connectivity index (χ4v) is 3.88. The number of benzene rings is 1. The van der Waals surface area contributed by atoms with Crippen LogP contribution in [0.4, 0.5) is 0 Å². The summed E-state index contributed by atoms with van der Waals surface area (Å²) in [4.78, 5) is 1.34. The second-order valence-electron chi connectivity index (χ2n) is 5.20. The summed E-state index contributed by atoms with van der Waals surface area (Å²) in [6.45, 7) is 2.31. The minimum atomic E-state index is -2.78. The lowest BCUT2D eigenvalue weighted by molar-refractivity contribution is -0.910. The molecule has 1 aliphatic heterocycles. The predicted molar refractivity (Wildman–Crippen MR) is 76.6 cm³/mol. The first kappa shape index (κ1) is 13.3. The number of rotatable bonds is 3. The molecule has 0 radical (unpaired) electrons. The van der Waals surface area contributed by atoms with Gasteiger partial charge < -0.3 is 4.90 Å². The molecule has 1 aromatic heterocycles. The molecule has 106 valence electrons. The van der Waals surface area contributed by atoms with Gasteiger partial charge in [0.2, 0.25) is 0 Å². The van der Waals surface area contributed by atoms with E-state index in [1.165, 1.54) is 10.5 Å². The van der Waals surface area contributed by atoms with Crippen molar-refractivity contribution in [2.45, 2.75) is 6.54 Å². The Morgan fingerprint density at radius 3 is 2.45 bits per heavy atom. The summed E-state index contributed by atoms with van der Waals surface area (Å²) in [5.74, 6) is 0.626. The van der Waals surface area contributed by atoms with E-state index in [4.69, 9.17) is 0 Å². The van der Waals surface area contributed by atoms with E-state index < -0.39 is 9.84 Å². The molecule has 2 aromatic rings. The summed E-state index contributed by atoms with van der Waals surface area (Å²) in [6, 6.07) is 10.2. The summed E-state index contributed by atoms with van der Waals surface area (Å²) >= 11 is 0. The van der Waals surface area contributed by atoms with Gasteiger partial charge >= 0.3 is 0 Å². The van der Waals surface area contributed by atoms with E-state index in [2.05, 4.69) is 17.2 Å². The van der Waals surface area contributed by atoms with Gasteiger partial charge in [0.25, 0.3) is 0 Å². The van der Waals surface area contributed by atoms with Crippen LogP contribution in [0.15, 0.2) is 42.7 Å². The molecule has 0 bridgehead atoms. The molecule has 1 N–H and O–H groups in total. The Morgan fingerprint density at radius 2 is 1.85 bits per heavy atom. The van der Waals surface area contributed by atoms with Gasteiger partial charge in [-0.2, -0.15) is 5.10 Å². The molecule has 1 aromatic carbocycles. The molecule has 1 fully saturated rings. The van der Waals surface area contributed by atoms with E-state index in [-0.39, 0.29) is 0 Å². The maximum Gasteiger partial charge on any atom is 0.161 e. The second-order valence-corrected chi connectivity index (χ2v) is 7.50. The number of hydrogen-bond donors (Lipinski definition) is 1. The highest BCUT2D eigenvalue weighted by Crippen LogP contribution is 2.08. The molecule has 2 heterocycles. The zero-order valence-corrected chi connectivity index (χ0v) is 12.0. The third kappa shape index (κ3) is 3.08. The standard InChI is InChI=1S/C14H17N3O2S/c18-20(19)10-8-16(9-11-20)12-13-2-4-14(5-3-13)17-7-1-6-15-17/h1-7H,8-12H2/p+1. The van der Waals surface area contributed by atoms with Crippen molar-refractivity contribution < 1.29 is 13.3 Å². The summed E-state index contributed by atoms with van der Waals surface area (Å²) in [7, 11) is -2.78. The lowest BCUT2D eigenvalue weighted by atomic mass is 10.2. The number of quaternary nitrogens is 1. The highest BCUT2D eigenvalue weighted by Gasteiger charge is 2.24. The predicted octanol–water partition coefficient (Wildman–Crippen LogP) is -0.314. The van der Waals surface area contributed by atoms with Crippen LogP contribution in [0, 0.1) is 0 Å². The zero-order chi connectivity index (χ0) is 14.0. The van der Waals surface area contributed by atoms with Crippen LogP contribution >= 0.6 is 0 Å². The number of sulfone groups is 1. The van der Waals surface area contributed by atoms with E-state index in [9.17, 15) is 8.42 Å². The Hall–Kier alpha value is -1.66. The number of nitrogens with zero attached hydrogens (tertiary/aromatic N) is 2. The molecule has 6 heteroatoms. The van der Waals surface area contributed by atoms with E-state index in [0.29, 0.717) is 24.6 Å². The molecule has 1 aliphatic rings. The number of nitrogens with one attached hydrogen (secondary N) is 1. The van der Waals surface area contributed by atoms with Crippen molar-refractivity contribution in [3.05, 3.63) is 48.3 Å². The molecule has 1 saturated heterocycles. The van der Waals surface area contributed by atoms with Gasteiger partial charge in [-0.15, -0.1) is 0 Å². The van der Waals surface area contributed by atoms with Crippen molar-refractivity contribution in [1.29, 1.82) is 0 Å². The lowest BCUT2D eigenvalue weighted by Gasteiger charge is -2.23. The first-order valence-corrected chi connectivity index (χ1v) is 8.57. The van der Waals surface area contributed by atoms with Gasteiger partial charge in [0.1, 0.15) is 6.54 Å². The quantitative estimate of drug-likeness (QED) is 0.844. The molecule has 0 amide bonds. The summed E-state index contributed by atoms with van der Waals surface area (Å²) in [5.41, 5.74) is 2.27. The van der Waals surface area contributed by atoms with Crippen LogP contribution in [0.25, 0.3) is 5.69 Å². The van der Waals surface area contributed by atoms with Gasteiger partial charge in [0.05, 0.1) is 30.3 Å². The van der Waals surface area contributed by atoms with Crippen molar-refractivity contribution in [1.82, 2.24) is 9.78 Å². The van der Waals surface area contributed by atoms with Gasteiger partial charge in [-0.1, -0.05) is 12.1 Å². The smallest absolute Gasteiger partial charge is 0.161 e. The Balaban J connectivity index is 1.64. The first-order valence-electron chi connectivity index (χ1n) is 6.75. The van der Waals surface area contributed by atoms with Crippen LogP contribution in [0.3, 0.4) is 0 Å². The topological polar surface area (TPSA) is 56.4 Å². The highest BCUT2D eigenvalue weighted by molar-refractivity contribution is 7.91. The average molecular weight is 292 g/mol. The SMILES string of the molecule is O=S1(=O)CC[NH+](Cc2ccc(-n3cccn3)cc2)CC1. The molecule has 5 nitrogen and oxygen atoms in total. The molecule has 0 spiro atoms. The van der Waals surface area contributed by atoms with Crippen LogP contribution in [0.2, 0.25) is 0 Å². The third-order valence-corrected chi connectivity index (χ3v) is 5.34. The van der Waals surface area contributed by atoms with Gasteiger partial charge in [-0.25, -0.2) is 13.1 Å². The Morgan fingerprint density at radius 1 is 1.15 bits per heavy atom. The van der Waals surface area contributed by atoms with E-state index >= 15 is 0 Å². The molecule has 0 unspecified atom stereocenters. The fraction of sp³-hybridized carbons (Fsp3) is 0.357. The van der Waals surface area contributed by atoms with Crippen molar-refractivity contribution in [2.24, 2.45) is 0 Å². The Kier molecular flexibility index (Phi) is 3.58. The van der Waals surface area contributed by atoms with Gasteiger partial charge in [-0.05, 0) is 18.2 Å². The second kappa shape index (κ2) is 5.38. The van der Waals surface area contributed by atoms with Crippen molar-refractivity contribution in [2.75, 3.05) is 24.6 Å². The summed E-state index contributed by atoms with van der Waals surface area (Å²) in [5, 5.41) is 4.19. The van der Waals surface area contributed by atoms with Crippen molar-refractivity contribution >= 4 is 9.84 Å². The minimum Gasteiger partial charge on any atom is -0.329 e. The van der Waals surface area contributed by atoms with E-state index in [0.717, 1.165) is 12.2 Å². The third-order valence-electron chi connectivity index (χ3n) is 3.69. The molecular formula is C14H18N3O2S+. The maximum absolute atomic E-state index is 11.4. The van der Waals surface area contributed by atoms with Crippen molar-refractivity contribution in [3.63, 3.8) is 0 Å². The first-order chi connectivity index (χ1) is 9.62. The molecule has 0 atom stereocenters. The summed E-state index contributed by atoms with van der Waals surface area (Å²) in [6.07, 6.45) is 3.67. The molecule has 0 aliphatic carbocycles. The molecule has 0 saturated carbocycles. The van der Waals surface area contributed by atoms with Gasteiger partial charge in [0, 0.05) is 18.0 Å². The Bertz CT molecular complexity index is 649. The van der Waals surface area contributed by atoms with Crippen LogP contribution < -0.4 is 4.90 Å². The normalized spacial score (nSPS) is 19.0. The fourth-order valence-electron chi connectivity index (χ4n) is 2.48. The number of hydrogen-bond acceptors (Lipinski definition) is 3. The number of aromatic nitrogens is 2. The lowest BCUT2D eigenvalue weighted by Crippen LogP contribution is -3.13. The minimum absolute atomic E-state index is 0.313. The van der Waals surface area contributed by atoms with Gasteiger partial charge in [-0.3, -0.25) is 0 Å². The van der Waals surface area contributed by atoms with Crippen molar-refractivity contribution in [3.8, 4) is 5.69 Å². The highest BCUT2D eigenvalue weighted by atomic mass is 32.2. The molecule has 3 rings (SSSR count). The average Bonchev–Trinajstić information content (AvgIpc) is 2.96. The van der Waals surface area contributed by atoms with Crippen LogP contribution in [0.1, 0.15) is 5.56 Å². The van der Waals surface area contributed by atoms with Crippen LogP contribution in [-0.4, -0.2) is 42.8 Å². The molecule has 20 heavy (non-hydrogen) atoms. The Labute approximate surface area is 118 Å². The largest absolute Gasteiger partial charge is 0.329 e. The van der Waals surface area contributed by atoms with E-state index in [1.807, 2.05) is 29.1 Å². The summed E-state index contributed by atoms with van der Waals surface area (Å²) < 4.78 is 24.6. The maximum atomic E-state index is 11.4. The van der Waals surface area contributed by atoms with E-state index in [1.54, 1.807) is 6.20 Å². The monoisotopic (exact) mass is 292 g/mol. The molecular weight excluding hydrogens is 274 g/mol. The van der Waals surface area contributed by atoms with Crippen LogP contribution in [-0.2, 0) is 16.4 Å².